The Kier molecular flexibility index (Phi) is 9.09. The molecule has 43 heavy (non-hydrogen) atoms. The van der Waals surface area contributed by atoms with Crippen LogP contribution in [0.1, 0.15) is 29.2 Å². The summed E-state index contributed by atoms with van der Waals surface area (Å²) in [4.78, 5) is 27.9. The SMILES string of the molecule is Nc1ccccc1NC(=O)/C=C/c1ccc([C@H](NCCN2CC3CC2CO3)C(=O)Nc2ccc(C(F)(F)F)cc2F)cc1. The summed E-state index contributed by atoms with van der Waals surface area (Å²) in [6.07, 6.45) is -0.560. The molecule has 0 aliphatic carbocycles. The number of benzene rings is 3. The van der Waals surface area contributed by atoms with Gasteiger partial charge in [-0.05, 0) is 54.0 Å². The number of alkyl halides is 3. The van der Waals surface area contributed by atoms with E-state index in [4.69, 9.17) is 10.5 Å². The average molecular weight is 598 g/mol. The standard InChI is InChI=1S/C31H31F4N5O3/c32-24-15-21(31(33,34)35)10-11-26(24)39-30(42)29(37-13-14-40-17-23-16-22(40)18-43-23)20-8-5-19(6-9-20)7-12-28(41)38-27-4-2-1-3-25(27)36/h1-12,15,22-23,29,37H,13-14,16-18,36H2,(H,38,41)(H,39,42)/b12-7+/t22?,23?,29-/m0/s1. The van der Waals surface area contributed by atoms with Gasteiger partial charge in [0, 0.05) is 31.8 Å². The lowest BCUT2D eigenvalue weighted by Crippen LogP contribution is -2.43. The number of carbonyl (C=O) groups is 2. The average Bonchev–Trinajstić information content (AvgIpc) is 3.60. The molecule has 0 spiro atoms. The van der Waals surface area contributed by atoms with Crippen molar-refractivity contribution in [2.75, 3.05) is 42.6 Å². The number of nitrogens with zero attached hydrogens (tertiary/aromatic N) is 1. The first kappa shape index (κ1) is 30.2. The summed E-state index contributed by atoms with van der Waals surface area (Å²) in [5.74, 6) is -2.19. The van der Waals surface area contributed by atoms with Crippen molar-refractivity contribution in [2.45, 2.75) is 30.8 Å². The van der Waals surface area contributed by atoms with Crippen molar-refractivity contribution in [1.29, 1.82) is 0 Å². The first-order chi connectivity index (χ1) is 20.6. The fourth-order valence-corrected chi connectivity index (χ4v) is 5.22. The van der Waals surface area contributed by atoms with Crippen LogP contribution >= 0.6 is 0 Å². The van der Waals surface area contributed by atoms with E-state index in [9.17, 15) is 27.2 Å². The van der Waals surface area contributed by atoms with Crippen molar-refractivity contribution in [3.63, 3.8) is 0 Å². The molecule has 2 fully saturated rings. The van der Waals surface area contributed by atoms with Crippen molar-refractivity contribution < 1.29 is 31.9 Å². The van der Waals surface area contributed by atoms with Gasteiger partial charge in [0.2, 0.25) is 11.8 Å². The summed E-state index contributed by atoms with van der Waals surface area (Å²) in [5.41, 5.74) is 6.52. The smallest absolute Gasteiger partial charge is 0.397 e. The number of hydrogen-bond acceptors (Lipinski definition) is 6. The predicted molar refractivity (Wildman–Crippen MR) is 155 cm³/mol. The summed E-state index contributed by atoms with van der Waals surface area (Å²) in [5, 5.41) is 8.33. The number of fused-ring (bicyclic) bond motifs is 2. The Hall–Kier alpha value is -4.26. The van der Waals surface area contributed by atoms with Crippen LogP contribution in [-0.2, 0) is 20.5 Å². The minimum atomic E-state index is -4.71. The Balaban J connectivity index is 1.27. The van der Waals surface area contributed by atoms with Crippen LogP contribution in [0.15, 0.2) is 72.8 Å². The van der Waals surface area contributed by atoms with Gasteiger partial charge in [0.1, 0.15) is 11.9 Å². The molecular weight excluding hydrogens is 566 g/mol. The van der Waals surface area contributed by atoms with Crippen LogP contribution in [0.3, 0.4) is 0 Å². The highest BCUT2D eigenvalue weighted by molar-refractivity contribution is 6.03. The molecule has 5 rings (SSSR count). The van der Waals surface area contributed by atoms with Gasteiger partial charge in [-0.25, -0.2) is 4.39 Å². The summed E-state index contributed by atoms with van der Waals surface area (Å²) < 4.78 is 59.1. The molecule has 2 bridgehead atoms. The molecule has 8 nitrogen and oxygen atoms in total. The van der Waals surface area contributed by atoms with E-state index in [1.165, 1.54) is 6.08 Å². The van der Waals surface area contributed by atoms with Gasteiger partial charge in [0.05, 0.1) is 35.3 Å². The number of likely N-dealkylation sites (tertiary alicyclic amines) is 1. The maximum atomic E-state index is 14.5. The lowest BCUT2D eigenvalue weighted by molar-refractivity contribution is -0.137. The summed E-state index contributed by atoms with van der Waals surface area (Å²) in [7, 11) is 0. The lowest BCUT2D eigenvalue weighted by atomic mass is 10.0. The second kappa shape index (κ2) is 12.9. The number of morpholine rings is 1. The minimum Gasteiger partial charge on any atom is -0.397 e. The van der Waals surface area contributed by atoms with E-state index in [1.54, 1.807) is 54.6 Å². The molecule has 2 aliphatic heterocycles. The maximum Gasteiger partial charge on any atom is 0.416 e. The largest absolute Gasteiger partial charge is 0.416 e. The zero-order chi connectivity index (χ0) is 30.6. The normalized spacial score (nSPS) is 19.1. The number of anilines is 3. The van der Waals surface area contributed by atoms with Crippen LogP contribution in [0, 0.1) is 5.82 Å². The Morgan fingerprint density at radius 3 is 2.47 bits per heavy atom. The number of carbonyl (C=O) groups excluding carboxylic acids is 2. The van der Waals surface area contributed by atoms with E-state index < -0.39 is 29.5 Å². The van der Waals surface area contributed by atoms with Gasteiger partial charge in [-0.3, -0.25) is 14.5 Å². The second-order valence-electron chi connectivity index (χ2n) is 10.5. The molecule has 3 atom stereocenters. The fourth-order valence-electron chi connectivity index (χ4n) is 5.22. The number of nitrogens with two attached hydrogens (primary N) is 1. The van der Waals surface area contributed by atoms with E-state index in [0.717, 1.165) is 25.1 Å². The van der Waals surface area contributed by atoms with Crippen LogP contribution in [0.5, 0.6) is 0 Å². The molecule has 2 aliphatic rings. The number of para-hydroxylation sites is 2. The quantitative estimate of drug-likeness (QED) is 0.152. The molecule has 3 aromatic carbocycles. The molecule has 2 saturated heterocycles. The van der Waals surface area contributed by atoms with Gasteiger partial charge >= 0.3 is 6.18 Å². The zero-order valence-corrected chi connectivity index (χ0v) is 23.0. The zero-order valence-electron chi connectivity index (χ0n) is 23.0. The number of nitrogen functional groups attached to an aromatic ring is 1. The van der Waals surface area contributed by atoms with E-state index in [1.807, 2.05) is 0 Å². The number of halogens is 4. The molecule has 2 unspecified atom stereocenters. The fraction of sp³-hybridized carbons (Fsp3) is 0.290. The van der Waals surface area contributed by atoms with E-state index in [0.29, 0.717) is 54.3 Å². The highest BCUT2D eigenvalue weighted by atomic mass is 19.4. The molecule has 0 radical (unpaired) electrons. The number of ether oxygens (including phenoxy) is 1. The number of rotatable bonds is 10. The van der Waals surface area contributed by atoms with Crippen LogP contribution in [-0.4, -0.2) is 55.1 Å². The van der Waals surface area contributed by atoms with Gasteiger partial charge in [-0.1, -0.05) is 36.4 Å². The highest BCUT2D eigenvalue weighted by Gasteiger charge is 2.38. The Morgan fingerprint density at radius 1 is 1.05 bits per heavy atom. The molecule has 2 heterocycles. The molecule has 3 aromatic rings. The van der Waals surface area contributed by atoms with E-state index >= 15 is 0 Å². The van der Waals surface area contributed by atoms with Gasteiger partial charge in [0.15, 0.2) is 0 Å². The van der Waals surface area contributed by atoms with E-state index in [2.05, 4.69) is 20.9 Å². The Bertz CT molecular complexity index is 1500. The van der Waals surface area contributed by atoms with Crippen LogP contribution in [0.25, 0.3) is 6.08 Å². The maximum absolute atomic E-state index is 14.5. The molecule has 2 amide bonds. The van der Waals surface area contributed by atoms with Crippen LogP contribution in [0.4, 0.5) is 34.6 Å². The predicted octanol–water partition coefficient (Wildman–Crippen LogP) is 4.82. The van der Waals surface area contributed by atoms with Crippen molar-refractivity contribution >= 4 is 35.0 Å². The summed E-state index contributed by atoms with van der Waals surface area (Å²) in [6, 6.07) is 15.1. The number of nitrogens with one attached hydrogen (secondary N) is 3. The van der Waals surface area contributed by atoms with Gasteiger partial charge < -0.3 is 26.4 Å². The van der Waals surface area contributed by atoms with Crippen LogP contribution in [0.2, 0.25) is 0 Å². The first-order valence-corrected chi connectivity index (χ1v) is 13.8. The molecule has 0 aromatic heterocycles. The Labute approximate surface area is 245 Å². The third kappa shape index (κ3) is 7.58. The van der Waals surface area contributed by atoms with Gasteiger partial charge in [-0.15, -0.1) is 0 Å². The van der Waals surface area contributed by atoms with Crippen molar-refractivity contribution in [1.82, 2.24) is 10.2 Å². The number of hydrogen-bond donors (Lipinski definition) is 4. The summed E-state index contributed by atoms with van der Waals surface area (Å²) in [6.45, 7) is 2.57. The Morgan fingerprint density at radius 2 is 1.81 bits per heavy atom. The number of amides is 2. The topological polar surface area (TPSA) is 109 Å². The third-order valence-electron chi connectivity index (χ3n) is 7.49. The highest BCUT2D eigenvalue weighted by Crippen LogP contribution is 2.32. The summed E-state index contributed by atoms with van der Waals surface area (Å²) >= 11 is 0. The molecule has 0 saturated carbocycles. The van der Waals surface area contributed by atoms with Crippen molar-refractivity contribution in [3.05, 3.63) is 95.3 Å². The van der Waals surface area contributed by atoms with Crippen LogP contribution < -0.4 is 21.7 Å². The van der Waals surface area contributed by atoms with E-state index in [-0.39, 0.29) is 17.7 Å². The molecule has 12 heteroatoms. The van der Waals surface area contributed by atoms with Gasteiger partial charge in [-0.2, -0.15) is 13.2 Å². The third-order valence-corrected chi connectivity index (χ3v) is 7.49. The molecule has 5 N–H and O–H groups in total. The molecule has 226 valence electrons. The molecular formula is C31H31F4N5O3. The van der Waals surface area contributed by atoms with Crippen molar-refractivity contribution in [3.8, 4) is 0 Å². The van der Waals surface area contributed by atoms with Crippen molar-refractivity contribution in [2.24, 2.45) is 0 Å². The lowest BCUT2D eigenvalue weighted by Gasteiger charge is -2.27. The first-order valence-electron chi connectivity index (χ1n) is 13.8. The van der Waals surface area contributed by atoms with Gasteiger partial charge in [0.25, 0.3) is 0 Å². The second-order valence-corrected chi connectivity index (χ2v) is 10.5. The monoisotopic (exact) mass is 597 g/mol. The minimum absolute atomic E-state index is 0.222.